The van der Waals surface area contributed by atoms with E-state index in [1.165, 1.54) is 4.90 Å². The third-order valence-electron chi connectivity index (χ3n) is 2.99. The summed E-state index contributed by atoms with van der Waals surface area (Å²) in [6.45, 7) is -0.0971. The summed E-state index contributed by atoms with van der Waals surface area (Å²) in [4.78, 5) is 34.7. The average molecular weight is 318 g/mol. The minimum absolute atomic E-state index is 0.324. The summed E-state index contributed by atoms with van der Waals surface area (Å²) in [6.07, 6.45) is 0. The number of carbonyl (C=O) groups excluding carboxylic acids is 2. The van der Waals surface area contributed by atoms with Gasteiger partial charge in [0, 0.05) is 13.6 Å². The van der Waals surface area contributed by atoms with Crippen LogP contribution in [0.5, 0.6) is 0 Å². The highest BCUT2D eigenvalue weighted by molar-refractivity contribution is 5.89. The molecule has 1 aromatic heterocycles. The summed E-state index contributed by atoms with van der Waals surface area (Å²) in [6, 6.07) is 11.5. The number of ether oxygens (including phenoxy) is 1. The smallest absolute Gasteiger partial charge is 0.433 e. The summed E-state index contributed by atoms with van der Waals surface area (Å²) >= 11 is 0. The second kappa shape index (κ2) is 7.21. The van der Waals surface area contributed by atoms with Crippen LogP contribution in [0.2, 0.25) is 0 Å². The van der Waals surface area contributed by atoms with Gasteiger partial charge in [-0.25, -0.2) is 4.79 Å². The second-order valence-corrected chi connectivity index (χ2v) is 4.71. The molecule has 0 aliphatic carbocycles. The minimum Gasteiger partial charge on any atom is -0.450 e. The number of nitrogens with zero attached hydrogens (tertiary/aromatic N) is 2. The fourth-order valence-corrected chi connectivity index (χ4v) is 1.79. The lowest BCUT2D eigenvalue weighted by atomic mass is 10.2. The van der Waals surface area contributed by atoms with Gasteiger partial charge in [0.25, 0.3) is 5.91 Å². The lowest BCUT2D eigenvalue weighted by Crippen LogP contribution is -2.30. The molecule has 0 radical (unpaired) electrons. The predicted octanol–water partition coefficient (Wildman–Crippen LogP) is 2.00. The van der Waals surface area contributed by atoms with Gasteiger partial charge in [-0.1, -0.05) is 30.3 Å². The fraction of sp³-hybridized carbons (Fsp3) is 0.200. The minimum atomic E-state index is -0.931. The lowest BCUT2D eigenvalue weighted by Gasteiger charge is -2.16. The predicted molar refractivity (Wildman–Crippen MR) is 78.6 cm³/mol. The lowest BCUT2D eigenvalue weighted by molar-refractivity contribution is -0.402. The number of carbonyl (C=O) groups is 2. The zero-order valence-corrected chi connectivity index (χ0v) is 12.3. The van der Waals surface area contributed by atoms with Crippen LogP contribution in [-0.2, 0) is 16.1 Å². The first-order valence-corrected chi connectivity index (χ1v) is 6.66. The van der Waals surface area contributed by atoms with Gasteiger partial charge in [-0.2, -0.15) is 0 Å². The number of rotatable bonds is 6. The molecule has 2 rings (SSSR count). The Labute approximate surface area is 131 Å². The Hall–Kier alpha value is -3.16. The van der Waals surface area contributed by atoms with E-state index in [1.807, 2.05) is 30.3 Å². The molecular weight excluding hydrogens is 304 g/mol. The molecule has 2 aromatic rings. The van der Waals surface area contributed by atoms with Crippen LogP contribution in [0.3, 0.4) is 0 Å². The molecule has 23 heavy (non-hydrogen) atoms. The molecule has 0 atom stereocenters. The Bertz CT molecular complexity index is 710. The largest absolute Gasteiger partial charge is 0.450 e. The topological polar surface area (TPSA) is 103 Å². The first-order chi connectivity index (χ1) is 11.0. The molecule has 8 nitrogen and oxygen atoms in total. The number of esters is 1. The van der Waals surface area contributed by atoms with Crippen LogP contribution in [0.4, 0.5) is 5.88 Å². The molecule has 0 saturated heterocycles. The maximum Gasteiger partial charge on any atom is 0.433 e. The van der Waals surface area contributed by atoms with Gasteiger partial charge in [-0.05, 0) is 11.6 Å². The van der Waals surface area contributed by atoms with Crippen molar-refractivity contribution in [2.45, 2.75) is 6.54 Å². The van der Waals surface area contributed by atoms with E-state index >= 15 is 0 Å². The van der Waals surface area contributed by atoms with Gasteiger partial charge in [-0.3, -0.25) is 14.9 Å². The molecule has 0 unspecified atom stereocenters. The molecule has 0 aliphatic heterocycles. The van der Waals surface area contributed by atoms with Crippen LogP contribution in [0.25, 0.3) is 0 Å². The number of hydrogen-bond acceptors (Lipinski definition) is 6. The van der Waals surface area contributed by atoms with Crippen molar-refractivity contribution in [1.82, 2.24) is 4.90 Å². The SMILES string of the molecule is CN(Cc1ccccc1)C(=O)COC(=O)c1ccc([N+](=O)[O-])o1. The molecule has 0 fully saturated rings. The highest BCUT2D eigenvalue weighted by Gasteiger charge is 2.20. The van der Waals surface area contributed by atoms with Gasteiger partial charge in [0.1, 0.15) is 4.92 Å². The van der Waals surface area contributed by atoms with Crippen LogP contribution in [0, 0.1) is 10.1 Å². The molecule has 0 aliphatic rings. The monoisotopic (exact) mass is 318 g/mol. The number of hydrogen-bond donors (Lipinski definition) is 0. The first kappa shape index (κ1) is 16.2. The van der Waals surface area contributed by atoms with Gasteiger partial charge >= 0.3 is 11.9 Å². The zero-order chi connectivity index (χ0) is 16.8. The molecule has 1 heterocycles. The van der Waals surface area contributed by atoms with E-state index in [2.05, 4.69) is 0 Å². The number of furan rings is 1. The zero-order valence-electron chi connectivity index (χ0n) is 12.3. The van der Waals surface area contributed by atoms with Crippen molar-refractivity contribution in [2.24, 2.45) is 0 Å². The van der Waals surface area contributed by atoms with Crippen molar-refractivity contribution in [3.63, 3.8) is 0 Å². The van der Waals surface area contributed by atoms with Gasteiger partial charge in [0.05, 0.1) is 6.07 Å². The van der Waals surface area contributed by atoms with Crippen molar-refractivity contribution >= 4 is 17.8 Å². The van der Waals surface area contributed by atoms with Crippen molar-refractivity contribution < 1.29 is 23.7 Å². The first-order valence-electron chi connectivity index (χ1n) is 6.66. The van der Waals surface area contributed by atoms with Crippen molar-refractivity contribution in [1.29, 1.82) is 0 Å². The molecule has 8 heteroatoms. The number of nitro groups is 1. The summed E-state index contributed by atoms with van der Waals surface area (Å²) in [7, 11) is 1.58. The number of benzene rings is 1. The Morgan fingerprint density at radius 3 is 2.52 bits per heavy atom. The summed E-state index contributed by atoms with van der Waals surface area (Å²) in [5.74, 6) is -2.22. The Morgan fingerprint density at radius 2 is 1.91 bits per heavy atom. The Kier molecular flexibility index (Phi) is 5.08. The van der Waals surface area contributed by atoms with E-state index < -0.39 is 29.3 Å². The highest BCUT2D eigenvalue weighted by Crippen LogP contribution is 2.16. The number of likely N-dealkylation sites (N-methyl/N-ethyl adjacent to an activating group) is 1. The van der Waals surface area contributed by atoms with E-state index in [-0.39, 0.29) is 5.76 Å². The molecule has 1 amide bonds. The molecule has 0 saturated carbocycles. The summed E-state index contributed by atoms with van der Waals surface area (Å²) in [5.41, 5.74) is 0.941. The normalized spacial score (nSPS) is 10.1. The maximum absolute atomic E-state index is 11.9. The summed E-state index contributed by atoms with van der Waals surface area (Å²) < 4.78 is 9.49. The maximum atomic E-state index is 11.9. The molecule has 0 spiro atoms. The highest BCUT2D eigenvalue weighted by atomic mass is 16.7. The van der Waals surface area contributed by atoms with Crippen LogP contribution >= 0.6 is 0 Å². The second-order valence-electron chi connectivity index (χ2n) is 4.71. The van der Waals surface area contributed by atoms with Crippen molar-refractivity contribution in [3.8, 4) is 0 Å². The molecular formula is C15H14N2O6. The van der Waals surface area contributed by atoms with Crippen LogP contribution in [-0.4, -0.2) is 35.4 Å². The van der Waals surface area contributed by atoms with Gasteiger partial charge in [-0.15, -0.1) is 0 Å². The Balaban J connectivity index is 1.85. The Morgan fingerprint density at radius 1 is 1.22 bits per heavy atom. The van der Waals surface area contributed by atoms with E-state index in [1.54, 1.807) is 7.05 Å². The van der Waals surface area contributed by atoms with Crippen LogP contribution < -0.4 is 0 Å². The molecule has 0 bridgehead atoms. The van der Waals surface area contributed by atoms with E-state index in [0.29, 0.717) is 6.54 Å². The summed E-state index contributed by atoms with van der Waals surface area (Å²) in [5, 5.41) is 10.5. The molecule has 0 N–H and O–H groups in total. The van der Waals surface area contributed by atoms with Gasteiger partial charge < -0.3 is 14.1 Å². The van der Waals surface area contributed by atoms with Crippen molar-refractivity contribution in [3.05, 3.63) is 63.9 Å². The third kappa shape index (κ3) is 4.40. The van der Waals surface area contributed by atoms with Crippen LogP contribution in [0.1, 0.15) is 16.1 Å². The molecule has 1 aromatic carbocycles. The van der Waals surface area contributed by atoms with E-state index in [4.69, 9.17) is 9.15 Å². The standard InChI is InChI=1S/C15H14N2O6/c1-16(9-11-5-3-2-4-6-11)13(18)10-22-15(19)12-7-8-14(23-12)17(20)21/h2-8H,9-10H2,1H3. The van der Waals surface area contributed by atoms with Crippen molar-refractivity contribution in [2.75, 3.05) is 13.7 Å². The average Bonchev–Trinajstić information content (AvgIpc) is 3.03. The van der Waals surface area contributed by atoms with Crippen LogP contribution in [0.15, 0.2) is 46.9 Å². The van der Waals surface area contributed by atoms with E-state index in [0.717, 1.165) is 17.7 Å². The van der Waals surface area contributed by atoms with E-state index in [9.17, 15) is 19.7 Å². The number of amides is 1. The third-order valence-corrected chi connectivity index (χ3v) is 2.99. The quantitative estimate of drug-likeness (QED) is 0.458. The fourth-order valence-electron chi connectivity index (χ4n) is 1.79. The van der Waals surface area contributed by atoms with Gasteiger partial charge in [0.15, 0.2) is 6.61 Å². The van der Waals surface area contributed by atoms with Gasteiger partial charge in [0.2, 0.25) is 5.76 Å². The molecule has 120 valence electrons.